The second kappa shape index (κ2) is 40.0. The number of hydrogen-bond donors (Lipinski definition) is 1. The molecule has 0 aromatic heterocycles. The molecule has 1 N–H and O–H groups in total. The molecule has 0 amide bonds. The average Bonchev–Trinajstić information content (AvgIpc) is 3.17. The number of esters is 2. The summed E-state index contributed by atoms with van der Waals surface area (Å²) in [6, 6.07) is 0. The molecular weight excluding hydrogens is 719 g/mol. The van der Waals surface area contributed by atoms with Crippen molar-refractivity contribution in [2.75, 3.05) is 47.5 Å². The van der Waals surface area contributed by atoms with Gasteiger partial charge in [0.1, 0.15) is 13.2 Å². The Kier molecular flexibility index (Phi) is 38.1. The number of aliphatic carboxylic acids is 1. The summed E-state index contributed by atoms with van der Waals surface area (Å²) in [4.78, 5) is 37.1. The van der Waals surface area contributed by atoms with Crippen molar-refractivity contribution >= 4 is 17.9 Å². The van der Waals surface area contributed by atoms with E-state index in [2.05, 4.69) is 62.5 Å². The third-order valence-electron chi connectivity index (χ3n) is 9.60. The van der Waals surface area contributed by atoms with E-state index in [1.54, 1.807) is 0 Å². The third-order valence-corrected chi connectivity index (χ3v) is 9.60. The zero-order valence-electron chi connectivity index (χ0n) is 37.2. The number of likely N-dealkylation sites (N-methyl/N-ethyl adjacent to an activating group) is 1. The van der Waals surface area contributed by atoms with Crippen LogP contribution in [-0.4, -0.2) is 87.4 Å². The van der Waals surface area contributed by atoms with Crippen molar-refractivity contribution < 1.29 is 42.9 Å². The van der Waals surface area contributed by atoms with Gasteiger partial charge in [0.25, 0.3) is 6.29 Å². The van der Waals surface area contributed by atoms with E-state index in [1.807, 2.05) is 21.1 Å². The molecule has 0 rings (SSSR count). The number of rotatable bonds is 41. The number of carboxylic acid groups (broad SMARTS) is 1. The van der Waals surface area contributed by atoms with Crippen LogP contribution < -0.4 is 0 Å². The highest BCUT2D eigenvalue weighted by atomic mass is 16.7. The fourth-order valence-corrected chi connectivity index (χ4v) is 6.06. The van der Waals surface area contributed by atoms with E-state index in [-0.39, 0.29) is 32.2 Å². The fraction of sp³-hybridized carbons (Fsp3) is 0.771. The molecule has 2 atom stereocenters. The number of nitrogens with zero attached hydrogens (tertiary/aromatic N) is 1. The van der Waals surface area contributed by atoms with Gasteiger partial charge in [0.2, 0.25) is 0 Å². The van der Waals surface area contributed by atoms with E-state index in [9.17, 15) is 19.5 Å². The van der Waals surface area contributed by atoms with Gasteiger partial charge in [-0.05, 0) is 51.4 Å². The van der Waals surface area contributed by atoms with Crippen molar-refractivity contribution in [2.24, 2.45) is 0 Å². The number of ether oxygens (including phenoxy) is 4. The van der Waals surface area contributed by atoms with Gasteiger partial charge >= 0.3 is 17.9 Å². The number of hydrogen-bond acceptors (Lipinski definition) is 7. The van der Waals surface area contributed by atoms with Crippen LogP contribution in [0.4, 0.5) is 0 Å². The van der Waals surface area contributed by atoms with Crippen LogP contribution in [0, 0.1) is 0 Å². The normalized spacial score (nSPS) is 13.4. The first-order chi connectivity index (χ1) is 27.6. The van der Waals surface area contributed by atoms with Crippen molar-refractivity contribution in [1.29, 1.82) is 0 Å². The largest absolute Gasteiger partial charge is 0.477 e. The van der Waals surface area contributed by atoms with Crippen LogP contribution in [-0.2, 0) is 33.3 Å². The standard InChI is InChI=1S/C48H85NO8/c1-6-8-10-12-14-16-18-19-20-21-22-23-24-25-26-27-29-31-33-35-37-39-46(51)57-44(43-56-48(47(52)53)54-41-40-49(3,4)5)42-55-45(50)38-36-34-32-30-28-17-15-13-11-9-7-2/h8,10,14,16,19-20,22-23,44,48H,6-7,9,11-13,15,17-18,21,24-43H2,1-5H3/p+1/b10-8-,16-14-,20-19-,23-22-. The van der Waals surface area contributed by atoms with Crippen LogP contribution in [0.5, 0.6) is 0 Å². The maximum atomic E-state index is 12.8. The third kappa shape index (κ3) is 41.2. The molecule has 0 aromatic carbocycles. The van der Waals surface area contributed by atoms with E-state index in [4.69, 9.17) is 18.9 Å². The lowest BCUT2D eigenvalue weighted by atomic mass is 10.1. The molecule has 0 fully saturated rings. The average molecular weight is 805 g/mol. The predicted octanol–water partition coefficient (Wildman–Crippen LogP) is 12.0. The van der Waals surface area contributed by atoms with Gasteiger partial charge in [-0.1, -0.05) is 165 Å². The molecule has 9 heteroatoms. The van der Waals surface area contributed by atoms with Gasteiger partial charge in [-0.15, -0.1) is 0 Å². The summed E-state index contributed by atoms with van der Waals surface area (Å²) < 4.78 is 22.7. The summed E-state index contributed by atoms with van der Waals surface area (Å²) in [6.45, 7) is 4.73. The number of carbonyl (C=O) groups is 3. The number of unbranched alkanes of at least 4 members (excludes halogenated alkanes) is 18. The van der Waals surface area contributed by atoms with E-state index in [1.165, 1.54) is 77.0 Å². The molecule has 0 aliphatic rings. The Bertz CT molecular complexity index is 1080. The highest BCUT2D eigenvalue weighted by Gasteiger charge is 2.25. The van der Waals surface area contributed by atoms with Crippen molar-refractivity contribution in [3.8, 4) is 0 Å². The van der Waals surface area contributed by atoms with Crippen LogP contribution in [0.1, 0.15) is 181 Å². The minimum absolute atomic E-state index is 0.184. The summed E-state index contributed by atoms with van der Waals surface area (Å²) in [5.74, 6) is -2.02. The van der Waals surface area contributed by atoms with Crippen LogP contribution >= 0.6 is 0 Å². The lowest BCUT2D eigenvalue weighted by molar-refractivity contribution is -0.870. The highest BCUT2D eigenvalue weighted by Crippen LogP contribution is 2.14. The van der Waals surface area contributed by atoms with Gasteiger partial charge < -0.3 is 28.5 Å². The molecule has 0 radical (unpaired) electrons. The molecule has 0 heterocycles. The SMILES string of the molecule is CC/C=C\C/C=C\C/C=C\C/C=C\CCCCCCCCCCC(=O)OC(COC(=O)CCCCCCCCCCCCC)COC(OCC[N+](C)(C)C)C(=O)O. The molecule has 0 bridgehead atoms. The summed E-state index contributed by atoms with van der Waals surface area (Å²) in [7, 11) is 5.95. The Balaban J connectivity index is 4.39. The van der Waals surface area contributed by atoms with Gasteiger partial charge in [0.15, 0.2) is 6.10 Å². The molecule has 2 unspecified atom stereocenters. The van der Waals surface area contributed by atoms with Crippen LogP contribution in [0.2, 0.25) is 0 Å². The number of allylic oxidation sites excluding steroid dienone is 8. The molecule has 0 saturated heterocycles. The van der Waals surface area contributed by atoms with Crippen LogP contribution in [0.3, 0.4) is 0 Å². The smallest absolute Gasteiger partial charge is 0.361 e. The molecule has 0 spiro atoms. The maximum absolute atomic E-state index is 12.8. The van der Waals surface area contributed by atoms with E-state index in [0.29, 0.717) is 23.9 Å². The molecule has 0 aliphatic heterocycles. The Labute approximate surface area is 349 Å². The first kappa shape index (κ1) is 54.2. The fourth-order valence-electron chi connectivity index (χ4n) is 6.06. The van der Waals surface area contributed by atoms with E-state index in [0.717, 1.165) is 70.6 Å². The molecule has 9 nitrogen and oxygen atoms in total. The number of carbonyl (C=O) groups excluding carboxylic acids is 2. The van der Waals surface area contributed by atoms with E-state index < -0.39 is 24.3 Å². The van der Waals surface area contributed by atoms with Gasteiger partial charge in [0, 0.05) is 12.8 Å². The predicted molar refractivity (Wildman–Crippen MR) is 235 cm³/mol. The second-order valence-corrected chi connectivity index (χ2v) is 16.3. The Morgan fingerprint density at radius 3 is 1.49 bits per heavy atom. The zero-order valence-corrected chi connectivity index (χ0v) is 37.2. The molecular formula is C48H86NO8+. The maximum Gasteiger partial charge on any atom is 0.361 e. The summed E-state index contributed by atoms with van der Waals surface area (Å²) in [6.07, 6.45) is 43.1. The first-order valence-electron chi connectivity index (χ1n) is 22.8. The monoisotopic (exact) mass is 805 g/mol. The lowest BCUT2D eigenvalue weighted by Crippen LogP contribution is -2.40. The summed E-state index contributed by atoms with van der Waals surface area (Å²) >= 11 is 0. The van der Waals surface area contributed by atoms with Crippen molar-refractivity contribution in [2.45, 2.75) is 193 Å². The summed E-state index contributed by atoms with van der Waals surface area (Å²) in [5, 5.41) is 9.63. The van der Waals surface area contributed by atoms with Crippen LogP contribution in [0.25, 0.3) is 0 Å². The Morgan fingerprint density at radius 2 is 1.00 bits per heavy atom. The molecule has 57 heavy (non-hydrogen) atoms. The highest BCUT2D eigenvalue weighted by molar-refractivity contribution is 5.71. The Morgan fingerprint density at radius 1 is 0.544 bits per heavy atom. The van der Waals surface area contributed by atoms with E-state index >= 15 is 0 Å². The van der Waals surface area contributed by atoms with Crippen molar-refractivity contribution in [1.82, 2.24) is 0 Å². The van der Waals surface area contributed by atoms with Crippen molar-refractivity contribution in [3.05, 3.63) is 48.6 Å². The number of carboxylic acids is 1. The zero-order chi connectivity index (χ0) is 42.1. The van der Waals surface area contributed by atoms with Gasteiger partial charge in [-0.3, -0.25) is 9.59 Å². The van der Waals surface area contributed by atoms with Gasteiger partial charge in [0.05, 0.1) is 34.4 Å². The molecule has 330 valence electrons. The number of quaternary nitrogens is 1. The second-order valence-electron chi connectivity index (χ2n) is 16.3. The molecule has 0 aromatic rings. The lowest BCUT2D eigenvalue weighted by Gasteiger charge is -2.25. The molecule has 0 aliphatic carbocycles. The van der Waals surface area contributed by atoms with Gasteiger partial charge in [-0.25, -0.2) is 4.79 Å². The minimum atomic E-state index is -1.51. The quantitative estimate of drug-likeness (QED) is 0.0214. The minimum Gasteiger partial charge on any atom is -0.477 e. The Hall–Kier alpha value is -2.75. The topological polar surface area (TPSA) is 108 Å². The summed E-state index contributed by atoms with van der Waals surface area (Å²) in [5.41, 5.74) is 0. The van der Waals surface area contributed by atoms with Gasteiger partial charge in [-0.2, -0.15) is 0 Å². The van der Waals surface area contributed by atoms with Crippen LogP contribution in [0.15, 0.2) is 48.6 Å². The first-order valence-corrected chi connectivity index (χ1v) is 22.8. The van der Waals surface area contributed by atoms with Crippen molar-refractivity contribution in [3.63, 3.8) is 0 Å². The molecule has 0 saturated carbocycles.